The molecule has 96 valence electrons. The highest BCUT2D eigenvalue weighted by Crippen LogP contribution is 1.98. The molecule has 0 spiro atoms. The second-order valence-corrected chi connectivity index (χ2v) is 3.95. The molecule has 0 unspecified atom stereocenters. The molecule has 0 aliphatic heterocycles. The SMILES string of the molecule is CCNCCOCCOCCC(=O)C(C)C. The molecule has 0 aromatic rings. The van der Waals surface area contributed by atoms with Crippen LogP contribution in [0.3, 0.4) is 0 Å². The maximum absolute atomic E-state index is 11.2. The summed E-state index contributed by atoms with van der Waals surface area (Å²) in [6.07, 6.45) is 0.509. The second-order valence-electron chi connectivity index (χ2n) is 3.95. The van der Waals surface area contributed by atoms with Crippen molar-refractivity contribution in [2.24, 2.45) is 5.92 Å². The van der Waals surface area contributed by atoms with Crippen LogP contribution in [0.5, 0.6) is 0 Å². The monoisotopic (exact) mass is 231 g/mol. The molecule has 16 heavy (non-hydrogen) atoms. The van der Waals surface area contributed by atoms with Crippen LogP contribution in [0.2, 0.25) is 0 Å². The van der Waals surface area contributed by atoms with Crippen LogP contribution in [-0.4, -0.2) is 45.3 Å². The van der Waals surface area contributed by atoms with Gasteiger partial charge in [0.25, 0.3) is 0 Å². The largest absolute Gasteiger partial charge is 0.379 e. The first-order valence-electron chi connectivity index (χ1n) is 6.07. The molecule has 0 fully saturated rings. The van der Waals surface area contributed by atoms with Gasteiger partial charge in [0.2, 0.25) is 0 Å². The van der Waals surface area contributed by atoms with Gasteiger partial charge in [-0.1, -0.05) is 20.8 Å². The highest BCUT2D eigenvalue weighted by molar-refractivity contribution is 5.80. The quantitative estimate of drug-likeness (QED) is 0.544. The van der Waals surface area contributed by atoms with Gasteiger partial charge in [0, 0.05) is 18.9 Å². The normalized spacial score (nSPS) is 11.0. The molecular weight excluding hydrogens is 206 g/mol. The zero-order chi connectivity index (χ0) is 12.2. The maximum Gasteiger partial charge on any atom is 0.137 e. The summed E-state index contributed by atoms with van der Waals surface area (Å²) in [5, 5.41) is 3.17. The van der Waals surface area contributed by atoms with E-state index < -0.39 is 0 Å². The summed E-state index contributed by atoms with van der Waals surface area (Å²) in [4.78, 5) is 11.2. The zero-order valence-corrected chi connectivity index (χ0v) is 10.8. The van der Waals surface area contributed by atoms with E-state index in [9.17, 15) is 4.79 Å². The van der Waals surface area contributed by atoms with Gasteiger partial charge in [-0.25, -0.2) is 0 Å². The minimum absolute atomic E-state index is 0.111. The Bertz CT molecular complexity index is 172. The van der Waals surface area contributed by atoms with Gasteiger partial charge in [-0.05, 0) is 6.54 Å². The van der Waals surface area contributed by atoms with Gasteiger partial charge in [-0.15, -0.1) is 0 Å². The first-order chi connectivity index (χ1) is 7.68. The van der Waals surface area contributed by atoms with E-state index in [-0.39, 0.29) is 11.7 Å². The van der Waals surface area contributed by atoms with Gasteiger partial charge in [0.1, 0.15) is 5.78 Å². The Balaban J connectivity index is 3.07. The molecule has 0 aromatic carbocycles. The van der Waals surface area contributed by atoms with Crippen LogP contribution in [0.1, 0.15) is 27.2 Å². The van der Waals surface area contributed by atoms with E-state index >= 15 is 0 Å². The predicted molar refractivity (Wildman–Crippen MR) is 64.6 cm³/mol. The first-order valence-corrected chi connectivity index (χ1v) is 6.07. The van der Waals surface area contributed by atoms with E-state index in [1.807, 2.05) is 13.8 Å². The third kappa shape index (κ3) is 10.1. The van der Waals surface area contributed by atoms with Crippen LogP contribution < -0.4 is 5.32 Å². The first kappa shape index (κ1) is 15.6. The van der Waals surface area contributed by atoms with Crippen LogP contribution >= 0.6 is 0 Å². The molecule has 0 saturated heterocycles. The number of ketones is 1. The third-order valence-corrected chi connectivity index (χ3v) is 2.18. The van der Waals surface area contributed by atoms with Gasteiger partial charge in [-0.2, -0.15) is 0 Å². The van der Waals surface area contributed by atoms with Crippen LogP contribution in [-0.2, 0) is 14.3 Å². The van der Waals surface area contributed by atoms with Crippen LogP contribution in [0.25, 0.3) is 0 Å². The average molecular weight is 231 g/mol. The molecule has 0 aromatic heterocycles. The van der Waals surface area contributed by atoms with Crippen molar-refractivity contribution in [1.29, 1.82) is 0 Å². The molecule has 0 aliphatic rings. The smallest absolute Gasteiger partial charge is 0.137 e. The standard InChI is InChI=1S/C12H25NO3/c1-4-13-6-8-16-10-9-15-7-5-12(14)11(2)3/h11,13H,4-10H2,1-3H3. The number of carbonyl (C=O) groups is 1. The summed E-state index contributed by atoms with van der Waals surface area (Å²) in [5.74, 6) is 0.369. The number of ether oxygens (including phenoxy) is 2. The van der Waals surface area contributed by atoms with Crippen molar-refractivity contribution >= 4 is 5.78 Å². The summed E-state index contributed by atoms with van der Waals surface area (Å²) < 4.78 is 10.6. The van der Waals surface area contributed by atoms with E-state index in [4.69, 9.17) is 9.47 Å². The molecule has 0 amide bonds. The number of likely N-dealkylation sites (N-methyl/N-ethyl adjacent to an activating group) is 1. The van der Waals surface area contributed by atoms with Crippen LogP contribution in [0.15, 0.2) is 0 Å². The summed E-state index contributed by atoms with van der Waals surface area (Å²) in [6.45, 7) is 10.1. The fraction of sp³-hybridized carbons (Fsp3) is 0.917. The van der Waals surface area contributed by atoms with E-state index in [1.165, 1.54) is 0 Å². The summed E-state index contributed by atoms with van der Waals surface area (Å²) in [5.41, 5.74) is 0. The Morgan fingerprint density at radius 1 is 1.12 bits per heavy atom. The molecule has 0 heterocycles. The summed E-state index contributed by atoms with van der Waals surface area (Å²) >= 11 is 0. The molecule has 1 N–H and O–H groups in total. The molecule has 4 nitrogen and oxygen atoms in total. The molecule has 0 saturated carbocycles. The van der Waals surface area contributed by atoms with E-state index in [0.717, 1.165) is 13.1 Å². The lowest BCUT2D eigenvalue weighted by molar-refractivity contribution is -0.123. The number of hydrogen-bond acceptors (Lipinski definition) is 4. The van der Waals surface area contributed by atoms with Crippen molar-refractivity contribution in [2.75, 3.05) is 39.5 Å². The molecule has 0 bridgehead atoms. The van der Waals surface area contributed by atoms with Gasteiger partial charge < -0.3 is 14.8 Å². The van der Waals surface area contributed by atoms with E-state index in [1.54, 1.807) is 0 Å². The molecule has 4 heteroatoms. The molecule has 0 aliphatic carbocycles. The van der Waals surface area contributed by atoms with Crippen molar-refractivity contribution in [3.63, 3.8) is 0 Å². The highest BCUT2D eigenvalue weighted by Gasteiger charge is 2.05. The summed E-state index contributed by atoms with van der Waals surface area (Å²) in [7, 11) is 0. The number of Topliss-reactive ketones (excluding diaryl/α,β-unsaturated/α-hetero) is 1. The Labute approximate surface area is 98.7 Å². The fourth-order valence-corrected chi connectivity index (χ4v) is 1.10. The number of nitrogens with one attached hydrogen (secondary N) is 1. The Hall–Kier alpha value is -0.450. The second kappa shape index (κ2) is 11.0. The van der Waals surface area contributed by atoms with Crippen molar-refractivity contribution < 1.29 is 14.3 Å². The molecule has 0 rings (SSSR count). The minimum atomic E-state index is 0.111. The lowest BCUT2D eigenvalue weighted by atomic mass is 10.1. The maximum atomic E-state index is 11.2. The minimum Gasteiger partial charge on any atom is -0.379 e. The molecular formula is C12H25NO3. The zero-order valence-electron chi connectivity index (χ0n) is 10.8. The van der Waals surface area contributed by atoms with Gasteiger partial charge >= 0.3 is 0 Å². The van der Waals surface area contributed by atoms with Crippen molar-refractivity contribution in [3.8, 4) is 0 Å². The van der Waals surface area contributed by atoms with E-state index in [2.05, 4.69) is 12.2 Å². The van der Waals surface area contributed by atoms with Crippen LogP contribution in [0, 0.1) is 5.92 Å². The van der Waals surface area contributed by atoms with Crippen molar-refractivity contribution in [3.05, 3.63) is 0 Å². The fourth-order valence-electron chi connectivity index (χ4n) is 1.10. The average Bonchev–Trinajstić information content (AvgIpc) is 2.26. The lowest BCUT2D eigenvalue weighted by Crippen LogP contribution is -2.20. The summed E-state index contributed by atoms with van der Waals surface area (Å²) in [6, 6.07) is 0. The number of rotatable bonds is 11. The third-order valence-electron chi connectivity index (χ3n) is 2.18. The Kier molecular flexibility index (Phi) is 10.7. The topological polar surface area (TPSA) is 47.6 Å². The Morgan fingerprint density at radius 2 is 1.75 bits per heavy atom. The Morgan fingerprint density at radius 3 is 2.31 bits per heavy atom. The van der Waals surface area contributed by atoms with Crippen molar-refractivity contribution in [2.45, 2.75) is 27.2 Å². The highest BCUT2D eigenvalue weighted by atomic mass is 16.5. The van der Waals surface area contributed by atoms with Gasteiger partial charge in [0.15, 0.2) is 0 Å². The van der Waals surface area contributed by atoms with Crippen LogP contribution in [0.4, 0.5) is 0 Å². The lowest BCUT2D eigenvalue weighted by Gasteiger charge is -2.06. The predicted octanol–water partition coefficient (Wildman–Crippen LogP) is 1.24. The molecule has 0 atom stereocenters. The number of carbonyl (C=O) groups excluding carboxylic acids is 1. The van der Waals surface area contributed by atoms with Gasteiger partial charge in [-0.3, -0.25) is 4.79 Å². The number of hydrogen-bond donors (Lipinski definition) is 1. The van der Waals surface area contributed by atoms with Crippen molar-refractivity contribution in [1.82, 2.24) is 5.32 Å². The molecule has 0 radical (unpaired) electrons. The van der Waals surface area contributed by atoms with E-state index in [0.29, 0.717) is 32.8 Å². The van der Waals surface area contributed by atoms with Gasteiger partial charge in [0.05, 0.1) is 26.4 Å².